The summed E-state index contributed by atoms with van der Waals surface area (Å²) in [5.74, 6) is 1.11. The number of anilines is 2. The van der Waals surface area contributed by atoms with Crippen molar-refractivity contribution >= 4 is 49.6 Å². The number of rotatable bonds is 5. The minimum atomic E-state index is -0.124. The Hall–Kier alpha value is -2.75. The predicted molar refractivity (Wildman–Crippen MR) is 120 cm³/mol. The van der Waals surface area contributed by atoms with E-state index in [4.69, 9.17) is 14.1 Å². The summed E-state index contributed by atoms with van der Waals surface area (Å²) in [6, 6.07) is 9.71. The van der Waals surface area contributed by atoms with Gasteiger partial charge in [0.15, 0.2) is 5.13 Å². The fraction of sp³-hybridized carbons (Fsp3) is 0.286. The Kier molecular flexibility index (Phi) is 5.24. The predicted octanol–water partition coefficient (Wildman–Crippen LogP) is 4.34. The number of carbonyl (C=O) groups excluding carboxylic acids is 1. The number of nitrogens with zero attached hydrogens (tertiary/aromatic N) is 3. The average molecular weight is 441 g/mol. The molecule has 1 aromatic carbocycles. The lowest BCUT2D eigenvalue weighted by atomic mass is 10.2. The highest BCUT2D eigenvalue weighted by Crippen LogP contribution is 2.31. The number of oxazole rings is 1. The Labute approximate surface area is 181 Å². The van der Waals surface area contributed by atoms with Gasteiger partial charge in [0.05, 0.1) is 40.4 Å². The van der Waals surface area contributed by atoms with Crippen LogP contribution in [0.3, 0.4) is 0 Å². The highest BCUT2D eigenvalue weighted by atomic mass is 32.1. The summed E-state index contributed by atoms with van der Waals surface area (Å²) in [4.78, 5) is 25.0. The van der Waals surface area contributed by atoms with Crippen molar-refractivity contribution in [1.29, 1.82) is 0 Å². The van der Waals surface area contributed by atoms with Gasteiger partial charge in [-0.25, -0.2) is 9.97 Å². The van der Waals surface area contributed by atoms with Crippen molar-refractivity contribution in [2.24, 2.45) is 0 Å². The lowest BCUT2D eigenvalue weighted by Gasteiger charge is -2.25. The maximum atomic E-state index is 12.6. The molecule has 1 fully saturated rings. The SMILES string of the molecule is Cc1oc(-c2cccs2)nc1CC(=O)Nc1ccc2nc(N3CCOCC3)sc2c1. The Morgan fingerprint density at radius 2 is 2.10 bits per heavy atom. The number of hydrogen-bond donors (Lipinski definition) is 1. The zero-order valence-electron chi connectivity index (χ0n) is 16.4. The van der Waals surface area contributed by atoms with Gasteiger partial charge < -0.3 is 19.4 Å². The Bertz CT molecular complexity index is 1180. The van der Waals surface area contributed by atoms with Gasteiger partial charge in [-0.05, 0) is 36.6 Å². The van der Waals surface area contributed by atoms with Crippen LogP contribution in [0.15, 0.2) is 40.1 Å². The van der Waals surface area contributed by atoms with Crippen LogP contribution in [0.1, 0.15) is 11.5 Å². The van der Waals surface area contributed by atoms with E-state index in [0.29, 0.717) is 17.3 Å². The third kappa shape index (κ3) is 3.96. The smallest absolute Gasteiger partial charge is 0.236 e. The van der Waals surface area contributed by atoms with Crippen LogP contribution in [0.5, 0.6) is 0 Å². The third-order valence-corrected chi connectivity index (χ3v) is 6.83. The molecule has 1 N–H and O–H groups in total. The van der Waals surface area contributed by atoms with E-state index in [0.717, 1.165) is 52.2 Å². The number of aromatic nitrogens is 2. The summed E-state index contributed by atoms with van der Waals surface area (Å²) in [6.07, 6.45) is 0.167. The maximum Gasteiger partial charge on any atom is 0.236 e. The van der Waals surface area contributed by atoms with Crippen molar-refractivity contribution in [2.45, 2.75) is 13.3 Å². The molecule has 1 aliphatic rings. The lowest BCUT2D eigenvalue weighted by molar-refractivity contribution is -0.115. The van der Waals surface area contributed by atoms with Crippen molar-refractivity contribution in [3.63, 3.8) is 0 Å². The Balaban J connectivity index is 1.29. The molecular formula is C21H20N4O3S2. The van der Waals surface area contributed by atoms with Crippen molar-refractivity contribution in [1.82, 2.24) is 9.97 Å². The number of thiophene rings is 1. The van der Waals surface area contributed by atoms with Crippen LogP contribution in [0.25, 0.3) is 21.0 Å². The second-order valence-electron chi connectivity index (χ2n) is 7.00. The topological polar surface area (TPSA) is 80.5 Å². The van der Waals surface area contributed by atoms with Gasteiger partial charge >= 0.3 is 0 Å². The number of benzene rings is 1. The summed E-state index contributed by atoms with van der Waals surface area (Å²) >= 11 is 3.20. The van der Waals surface area contributed by atoms with Crippen molar-refractivity contribution in [2.75, 3.05) is 36.5 Å². The van der Waals surface area contributed by atoms with Crippen LogP contribution < -0.4 is 10.2 Å². The van der Waals surface area contributed by atoms with Crippen LogP contribution in [-0.4, -0.2) is 42.2 Å². The molecule has 0 radical (unpaired) electrons. The first-order valence-corrected chi connectivity index (χ1v) is 11.4. The van der Waals surface area contributed by atoms with Crippen molar-refractivity contribution in [3.05, 3.63) is 47.2 Å². The maximum absolute atomic E-state index is 12.6. The summed E-state index contributed by atoms with van der Waals surface area (Å²) in [6.45, 7) is 5.00. The second kappa shape index (κ2) is 8.17. The molecule has 0 unspecified atom stereocenters. The van der Waals surface area contributed by atoms with E-state index in [-0.39, 0.29) is 12.3 Å². The molecule has 1 amide bonds. The summed E-state index contributed by atoms with van der Waals surface area (Å²) in [5.41, 5.74) is 2.35. The van der Waals surface area contributed by atoms with Gasteiger partial charge in [-0.3, -0.25) is 4.79 Å². The molecule has 0 saturated carbocycles. The molecule has 154 valence electrons. The van der Waals surface area contributed by atoms with E-state index in [1.165, 1.54) is 0 Å². The molecule has 9 heteroatoms. The number of aryl methyl sites for hydroxylation is 1. The number of amides is 1. The number of carbonyl (C=O) groups is 1. The van der Waals surface area contributed by atoms with Gasteiger partial charge in [-0.15, -0.1) is 11.3 Å². The molecule has 4 heterocycles. The van der Waals surface area contributed by atoms with Crippen LogP contribution >= 0.6 is 22.7 Å². The van der Waals surface area contributed by atoms with Gasteiger partial charge in [-0.1, -0.05) is 17.4 Å². The average Bonchev–Trinajstić information content (AvgIpc) is 3.49. The van der Waals surface area contributed by atoms with Gasteiger partial charge in [0.1, 0.15) is 5.76 Å². The van der Waals surface area contributed by atoms with E-state index < -0.39 is 0 Å². The number of ether oxygens (including phenoxy) is 1. The Morgan fingerprint density at radius 3 is 2.90 bits per heavy atom. The quantitative estimate of drug-likeness (QED) is 0.497. The van der Waals surface area contributed by atoms with Crippen molar-refractivity contribution < 1.29 is 13.9 Å². The molecule has 3 aromatic heterocycles. The van der Waals surface area contributed by atoms with Crippen LogP contribution in [0.4, 0.5) is 10.8 Å². The largest absolute Gasteiger partial charge is 0.440 e. The minimum absolute atomic E-state index is 0.124. The molecule has 0 spiro atoms. The van der Waals surface area contributed by atoms with Gasteiger partial charge in [-0.2, -0.15) is 0 Å². The lowest BCUT2D eigenvalue weighted by Crippen LogP contribution is -2.36. The molecule has 4 aromatic rings. The number of nitrogens with one attached hydrogen (secondary N) is 1. The molecule has 1 aliphatic heterocycles. The first kappa shape index (κ1) is 19.2. The van der Waals surface area contributed by atoms with Crippen LogP contribution in [0.2, 0.25) is 0 Å². The Morgan fingerprint density at radius 1 is 1.23 bits per heavy atom. The minimum Gasteiger partial charge on any atom is -0.440 e. The first-order valence-electron chi connectivity index (χ1n) is 9.69. The molecular weight excluding hydrogens is 420 g/mol. The highest BCUT2D eigenvalue weighted by Gasteiger charge is 2.17. The normalized spacial score (nSPS) is 14.4. The van der Waals surface area contributed by atoms with E-state index in [9.17, 15) is 4.79 Å². The van der Waals surface area contributed by atoms with Gasteiger partial charge in [0.25, 0.3) is 0 Å². The molecule has 30 heavy (non-hydrogen) atoms. The molecule has 0 aliphatic carbocycles. The summed E-state index contributed by atoms with van der Waals surface area (Å²) in [5, 5.41) is 5.94. The van der Waals surface area contributed by atoms with E-state index in [1.54, 1.807) is 22.7 Å². The summed E-state index contributed by atoms with van der Waals surface area (Å²) in [7, 11) is 0. The zero-order chi connectivity index (χ0) is 20.5. The van der Waals surface area contributed by atoms with E-state index in [1.807, 2.05) is 42.6 Å². The standard InChI is InChI=1S/C21H20N4O3S2/c1-13-16(23-20(28-13)17-3-2-10-29-17)12-19(26)22-14-4-5-15-18(11-14)30-21(24-15)25-6-8-27-9-7-25/h2-5,10-11H,6-9,12H2,1H3,(H,22,26). The highest BCUT2D eigenvalue weighted by molar-refractivity contribution is 7.22. The van der Waals surface area contributed by atoms with E-state index in [2.05, 4.69) is 15.2 Å². The first-order chi connectivity index (χ1) is 14.7. The number of fused-ring (bicyclic) bond motifs is 1. The second-order valence-corrected chi connectivity index (χ2v) is 8.96. The van der Waals surface area contributed by atoms with Crippen LogP contribution in [0, 0.1) is 6.92 Å². The molecule has 0 atom stereocenters. The van der Waals surface area contributed by atoms with E-state index >= 15 is 0 Å². The number of hydrogen-bond acceptors (Lipinski definition) is 8. The third-order valence-electron chi connectivity index (χ3n) is 4.90. The number of morpholine rings is 1. The zero-order valence-corrected chi connectivity index (χ0v) is 18.0. The van der Waals surface area contributed by atoms with Crippen molar-refractivity contribution in [3.8, 4) is 10.8 Å². The van der Waals surface area contributed by atoms with Gasteiger partial charge in [0, 0.05) is 18.8 Å². The molecule has 0 bridgehead atoms. The van der Waals surface area contributed by atoms with Crippen LogP contribution in [-0.2, 0) is 16.0 Å². The fourth-order valence-corrected chi connectivity index (χ4v) is 5.04. The molecule has 5 rings (SSSR count). The molecule has 1 saturated heterocycles. The monoisotopic (exact) mass is 440 g/mol. The number of thiazole rings is 1. The van der Waals surface area contributed by atoms with Gasteiger partial charge in [0.2, 0.25) is 11.8 Å². The molecule has 7 nitrogen and oxygen atoms in total. The summed E-state index contributed by atoms with van der Waals surface area (Å²) < 4.78 is 12.2. The fourth-order valence-electron chi connectivity index (χ4n) is 3.34.